The van der Waals surface area contributed by atoms with Gasteiger partial charge in [0.05, 0.1) is 6.42 Å². The van der Waals surface area contributed by atoms with Gasteiger partial charge >= 0.3 is 0 Å². The molecule has 2 rings (SSSR count). The molecule has 0 bridgehead atoms. The van der Waals surface area contributed by atoms with Crippen LogP contribution in [0.1, 0.15) is 44.6 Å². The van der Waals surface area contributed by atoms with Gasteiger partial charge < -0.3 is 10.2 Å². The first-order valence-electron chi connectivity index (χ1n) is 8.35. The van der Waals surface area contributed by atoms with Gasteiger partial charge in [-0.2, -0.15) is 0 Å². The fraction of sp³-hybridized carbons (Fsp3) is 0.611. The van der Waals surface area contributed by atoms with E-state index in [0.717, 1.165) is 44.5 Å². The minimum Gasteiger partial charge on any atom is -0.339 e. The summed E-state index contributed by atoms with van der Waals surface area (Å²) in [4.78, 5) is 14.9. The molecule has 3 heteroatoms. The van der Waals surface area contributed by atoms with E-state index in [1.54, 1.807) is 0 Å². The Morgan fingerprint density at radius 3 is 2.57 bits per heavy atom. The quantitative estimate of drug-likeness (QED) is 0.782. The van der Waals surface area contributed by atoms with Crippen LogP contribution in [0.5, 0.6) is 0 Å². The zero-order valence-electron chi connectivity index (χ0n) is 13.2. The van der Waals surface area contributed by atoms with Crippen LogP contribution in [0.25, 0.3) is 0 Å². The monoisotopic (exact) mass is 288 g/mol. The van der Waals surface area contributed by atoms with Crippen molar-refractivity contribution in [1.29, 1.82) is 0 Å². The van der Waals surface area contributed by atoms with Gasteiger partial charge in [-0.1, -0.05) is 50.1 Å². The van der Waals surface area contributed by atoms with Gasteiger partial charge in [0.1, 0.15) is 0 Å². The van der Waals surface area contributed by atoms with Crippen LogP contribution in [0.15, 0.2) is 30.3 Å². The number of carbonyl (C=O) groups is 1. The Hall–Kier alpha value is -1.35. The largest absolute Gasteiger partial charge is 0.339 e. The average molecular weight is 288 g/mol. The first-order chi connectivity index (χ1) is 10.3. The highest BCUT2D eigenvalue weighted by Gasteiger charge is 2.24. The van der Waals surface area contributed by atoms with Crippen molar-refractivity contribution in [1.82, 2.24) is 10.2 Å². The molecule has 1 aromatic rings. The van der Waals surface area contributed by atoms with E-state index in [1.165, 1.54) is 12.8 Å². The van der Waals surface area contributed by atoms with Gasteiger partial charge in [0.25, 0.3) is 0 Å². The Labute approximate surface area is 128 Å². The SMILES string of the molecule is CCCCCN(C(=O)Cc1ccccc1)C1CCNCC1. The molecule has 0 spiro atoms. The Bertz CT molecular complexity index is 412. The number of hydrogen-bond acceptors (Lipinski definition) is 2. The molecule has 3 nitrogen and oxygen atoms in total. The number of amides is 1. The molecular formula is C18H28N2O. The lowest BCUT2D eigenvalue weighted by atomic mass is 10.0. The summed E-state index contributed by atoms with van der Waals surface area (Å²) in [5.41, 5.74) is 1.12. The molecule has 1 N–H and O–H groups in total. The molecule has 1 aromatic carbocycles. The van der Waals surface area contributed by atoms with Crippen molar-refractivity contribution < 1.29 is 4.79 Å². The fourth-order valence-corrected chi connectivity index (χ4v) is 3.03. The van der Waals surface area contributed by atoms with E-state index in [1.807, 2.05) is 30.3 Å². The van der Waals surface area contributed by atoms with E-state index in [-0.39, 0.29) is 0 Å². The molecule has 0 aliphatic carbocycles. The lowest BCUT2D eigenvalue weighted by Gasteiger charge is -2.35. The molecular weight excluding hydrogens is 260 g/mol. The first-order valence-corrected chi connectivity index (χ1v) is 8.35. The second-order valence-electron chi connectivity index (χ2n) is 5.94. The summed E-state index contributed by atoms with van der Waals surface area (Å²) in [7, 11) is 0. The van der Waals surface area contributed by atoms with Crippen molar-refractivity contribution >= 4 is 5.91 Å². The van der Waals surface area contributed by atoms with Crippen molar-refractivity contribution in [2.24, 2.45) is 0 Å². The van der Waals surface area contributed by atoms with Crippen LogP contribution < -0.4 is 5.32 Å². The third kappa shape index (κ3) is 5.16. The number of carbonyl (C=O) groups excluding carboxylic acids is 1. The van der Waals surface area contributed by atoms with Crippen molar-refractivity contribution in [3.8, 4) is 0 Å². The van der Waals surface area contributed by atoms with Gasteiger partial charge in [-0.05, 0) is 37.9 Å². The summed E-state index contributed by atoms with van der Waals surface area (Å²) in [6, 6.07) is 10.5. The van der Waals surface area contributed by atoms with Crippen LogP contribution in [0, 0.1) is 0 Å². The summed E-state index contributed by atoms with van der Waals surface area (Å²) in [5.74, 6) is 0.296. The topological polar surface area (TPSA) is 32.3 Å². The molecule has 1 amide bonds. The summed E-state index contributed by atoms with van der Waals surface area (Å²) in [6.45, 7) is 5.20. The smallest absolute Gasteiger partial charge is 0.227 e. The van der Waals surface area contributed by atoms with Crippen molar-refractivity contribution in [2.75, 3.05) is 19.6 Å². The molecule has 1 saturated heterocycles. The van der Waals surface area contributed by atoms with Gasteiger partial charge in [-0.3, -0.25) is 4.79 Å². The standard InChI is InChI=1S/C18H28N2O/c1-2-3-7-14-20(17-10-12-19-13-11-17)18(21)15-16-8-5-4-6-9-16/h4-6,8-9,17,19H,2-3,7,10-15H2,1H3. The second kappa shape index (κ2) is 8.83. The summed E-state index contributed by atoms with van der Waals surface area (Å²) >= 11 is 0. The number of rotatable bonds is 7. The maximum atomic E-state index is 12.7. The second-order valence-corrected chi connectivity index (χ2v) is 5.94. The fourth-order valence-electron chi connectivity index (χ4n) is 3.03. The number of hydrogen-bond donors (Lipinski definition) is 1. The van der Waals surface area contributed by atoms with Crippen LogP contribution in [0.4, 0.5) is 0 Å². The van der Waals surface area contributed by atoms with E-state index in [4.69, 9.17) is 0 Å². The molecule has 1 aliphatic heterocycles. The highest BCUT2D eigenvalue weighted by molar-refractivity contribution is 5.79. The maximum Gasteiger partial charge on any atom is 0.227 e. The Morgan fingerprint density at radius 2 is 1.90 bits per heavy atom. The van der Waals surface area contributed by atoms with E-state index < -0.39 is 0 Å². The van der Waals surface area contributed by atoms with Crippen molar-refractivity contribution in [3.05, 3.63) is 35.9 Å². The minimum absolute atomic E-state index is 0.296. The number of benzene rings is 1. The average Bonchev–Trinajstić information content (AvgIpc) is 2.53. The molecule has 21 heavy (non-hydrogen) atoms. The van der Waals surface area contributed by atoms with Gasteiger partial charge in [-0.15, -0.1) is 0 Å². The maximum absolute atomic E-state index is 12.7. The Kier molecular flexibility index (Phi) is 6.74. The Balaban J connectivity index is 1.97. The third-order valence-corrected chi connectivity index (χ3v) is 4.27. The van der Waals surface area contributed by atoms with Crippen LogP contribution in [-0.4, -0.2) is 36.5 Å². The number of nitrogens with one attached hydrogen (secondary N) is 1. The van der Waals surface area contributed by atoms with E-state index in [0.29, 0.717) is 18.4 Å². The van der Waals surface area contributed by atoms with E-state index >= 15 is 0 Å². The molecule has 116 valence electrons. The molecule has 0 saturated carbocycles. The summed E-state index contributed by atoms with van der Waals surface area (Å²) in [5, 5.41) is 3.39. The third-order valence-electron chi connectivity index (χ3n) is 4.27. The van der Waals surface area contributed by atoms with Gasteiger partial charge in [0.15, 0.2) is 0 Å². The van der Waals surface area contributed by atoms with Gasteiger partial charge in [0, 0.05) is 12.6 Å². The highest BCUT2D eigenvalue weighted by Crippen LogP contribution is 2.15. The minimum atomic E-state index is 0.296. The highest BCUT2D eigenvalue weighted by atomic mass is 16.2. The molecule has 1 aliphatic rings. The lowest BCUT2D eigenvalue weighted by molar-refractivity contribution is -0.133. The van der Waals surface area contributed by atoms with Crippen LogP contribution >= 0.6 is 0 Å². The predicted octanol–water partition coefficient (Wildman–Crippen LogP) is 3.00. The number of unbranched alkanes of at least 4 members (excludes halogenated alkanes) is 2. The van der Waals surface area contributed by atoms with Gasteiger partial charge in [-0.25, -0.2) is 0 Å². The summed E-state index contributed by atoms with van der Waals surface area (Å²) < 4.78 is 0. The predicted molar refractivity (Wildman–Crippen MR) is 87.3 cm³/mol. The zero-order valence-corrected chi connectivity index (χ0v) is 13.2. The van der Waals surface area contributed by atoms with Crippen LogP contribution in [0.3, 0.4) is 0 Å². The Morgan fingerprint density at radius 1 is 1.19 bits per heavy atom. The lowest BCUT2D eigenvalue weighted by Crippen LogP contribution is -2.47. The summed E-state index contributed by atoms with van der Waals surface area (Å²) in [6.07, 6.45) is 6.25. The van der Waals surface area contributed by atoms with Crippen molar-refractivity contribution in [2.45, 2.75) is 51.5 Å². The van der Waals surface area contributed by atoms with Crippen molar-refractivity contribution in [3.63, 3.8) is 0 Å². The molecule has 0 aromatic heterocycles. The molecule has 0 atom stereocenters. The molecule has 0 unspecified atom stereocenters. The van der Waals surface area contributed by atoms with Crippen LogP contribution in [0.2, 0.25) is 0 Å². The van der Waals surface area contributed by atoms with Crippen LogP contribution in [-0.2, 0) is 11.2 Å². The van der Waals surface area contributed by atoms with Gasteiger partial charge in [0.2, 0.25) is 5.91 Å². The normalized spacial score (nSPS) is 15.9. The molecule has 1 fully saturated rings. The number of nitrogens with zero attached hydrogens (tertiary/aromatic N) is 1. The molecule has 1 heterocycles. The first kappa shape index (κ1) is 16.0. The van der Waals surface area contributed by atoms with E-state index in [9.17, 15) is 4.79 Å². The van der Waals surface area contributed by atoms with E-state index in [2.05, 4.69) is 17.1 Å². The zero-order chi connectivity index (χ0) is 14.9. The number of piperidine rings is 1. The molecule has 0 radical (unpaired) electrons.